The van der Waals surface area contributed by atoms with Gasteiger partial charge in [0.15, 0.2) is 11.6 Å². The van der Waals surface area contributed by atoms with E-state index in [1.807, 2.05) is 18.7 Å². The van der Waals surface area contributed by atoms with Gasteiger partial charge < -0.3 is 5.32 Å². The summed E-state index contributed by atoms with van der Waals surface area (Å²) in [5.74, 6) is 0.526. The third-order valence-corrected chi connectivity index (χ3v) is 3.69. The van der Waals surface area contributed by atoms with Crippen molar-refractivity contribution >= 4 is 11.8 Å². The molecule has 2 unspecified atom stereocenters. The van der Waals surface area contributed by atoms with Gasteiger partial charge in [0.1, 0.15) is 0 Å². The maximum atomic E-state index is 13.1. The van der Waals surface area contributed by atoms with Crippen molar-refractivity contribution in [2.75, 3.05) is 11.5 Å². The predicted octanol–water partition coefficient (Wildman–Crippen LogP) is 3.76. The molecule has 1 aromatic carbocycles. The topological polar surface area (TPSA) is 12.0 Å². The summed E-state index contributed by atoms with van der Waals surface area (Å²) in [5.41, 5.74) is 0.775. The van der Waals surface area contributed by atoms with Gasteiger partial charge in [0.25, 0.3) is 0 Å². The Morgan fingerprint density at radius 2 is 1.94 bits per heavy atom. The lowest BCUT2D eigenvalue weighted by molar-refractivity contribution is 0.488. The summed E-state index contributed by atoms with van der Waals surface area (Å²) in [4.78, 5) is 0. The highest BCUT2D eigenvalue weighted by atomic mass is 32.2. The van der Waals surface area contributed by atoms with E-state index >= 15 is 0 Å². The minimum Gasteiger partial charge on any atom is -0.307 e. The van der Waals surface area contributed by atoms with E-state index in [-0.39, 0.29) is 6.04 Å². The summed E-state index contributed by atoms with van der Waals surface area (Å²) in [6.45, 7) is 6.18. The number of hydrogen-bond donors (Lipinski definition) is 1. The normalized spacial score (nSPS) is 14.6. The Labute approximate surface area is 106 Å². The molecule has 1 nitrogen and oxygen atoms in total. The van der Waals surface area contributed by atoms with Crippen LogP contribution in [0.3, 0.4) is 0 Å². The molecule has 96 valence electrons. The molecule has 1 rings (SSSR count). The third kappa shape index (κ3) is 4.64. The second-order valence-corrected chi connectivity index (χ2v) is 5.44. The molecule has 2 atom stereocenters. The standard InChI is InChI=1S/C13H19F2NS/c1-4-17-8-9(2)16-10(3)11-5-6-12(14)13(15)7-11/h5-7,9-10,16H,4,8H2,1-3H3. The van der Waals surface area contributed by atoms with E-state index in [4.69, 9.17) is 0 Å². The van der Waals surface area contributed by atoms with Crippen molar-refractivity contribution < 1.29 is 8.78 Å². The van der Waals surface area contributed by atoms with Crippen LogP contribution in [0.15, 0.2) is 18.2 Å². The minimum absolute atomic E-state index is 0.0255. The van der Waals surface area contributed by atoms with Gasteiger partial charge >= 0.3 is 0 Å². The van der Waals surface area contributed by atoms with E-state index in [9.17, 15) is 8.78 Å². The van der Waals surface area contributed by atoms with E-state index < -0.39 is 11.6 Å². The first-order valence-electron chi connectivity index (χ1n) is 5.83. The van der Waals surface area contributed by atoms with Gasteiger partial charge in [-0.15, -0.1) is 0 Å². The predicted molar refractivity (Wildman–Crippen MR) is 70.4 cm³/mol. The molecular weight excluding hydrogens is 240 g/mol. The fraction of sp³-hybridized carbons (Fsp3) is 0.538. The Hall–Kier alpha value is -0.610. The van der Waals surface area contributed by atoms with Gasteiger partial charge in [-0.05, 0) is 37.3 Å². The molecule has 0 aromatic heterocycles. The van der Waals surface area contributed by atoms with Gasteiger partial charge in [-0.1, -0.05) is 13.0 Å². The lowest BCUT2D eigenvalue weighted by Gasteiger charge is -2.20. The number of nitrogens with one attached hydrogen (secondary N) is 1. The summed E-state index contributed by atoms with van der Waals surface area (Å²) >= 11 is 1.86. The number of halogens is 2. The smallest absolute Gasteiger partial charge is 0.159 e. The van der Waals surface area contributed by atoms with E-state index in [2.05, 4.69) is 19.2 Å². The first-order chi connectivity index (χ1) is 8.04. The molecule has 0 bridgehead atoms. The number of thioether (sulfide) groups is 1. The average molecular weight is 259 g/mol. The van der Waals surface area contributed by atoms with Crippen LogP contribution in [0, 0.1) is 11.6 Å². The maximum Gasteiger partial charge on any atom is 0.159 e. The monoisotopic (exact) mass is 259 g/mol. The molecule has 0 spiro atoms. The van der Waals surface area contributed by atoms with Crippen LogP contribution >= 0.6 is 11.8 Å². The molecule has 0 saturated heterocycles. The molecule has 4 heteroatoms. The molecule has 0 fully saturated rings. The third-order valence-electron chi connectivity index (χ3n) is 2.55. The molecule has 0 radical (unpaired) electrons. The molecule has 0 amide bonds. The van der Waals surface area contributed by atoms with E-state index in [0.717, 1.165) is 17.1 Å². The van der Waals surface area contributed by atoms with Crippen molar-refractivity contribution in [3.8, 4) is 0 Å². The molecule has 0 aliphatic carbocycles. The lowest BCUT2D eigenvalue weighted by Crippen LogP contribution is -2.31. The fourth-order valence-corrected chi connectivity index (χ4v) is 2.33. The molecule has 17 heavy (non-hydrogen) atoms. The summed E-state index contributed by atoms with van der Waals surface area (Å²) in [6.07, 6.45) is 0. The van der Waals surface area contributed by atoms with Crippen molar-refractivity contribution in [3.63, 3.8) is 0 Å². The van der Waals surface area contributed by atoms with Crippen molar-refractivity contribution in [2.24, 2.45) is 0 Å². The van der Waals surface area contributed by atoms with Crippen molar-refractivity contribution in [1.82, 2.24) is 5.32 Å². The number of hydrogen-bond acceptors (Lipinski definition) is 2. The lowest BCUT2D eigenvalue weighted by atomic mass is 10.1. The molecule has 0 aliphatic rings. The maximum absolute atomic E-state index is 13.1. The molecule has 0 saturated carbocycles. The van der Waals surface area contributed by atoms with Crippen LogP contribution in [-0.2, 0) is 0 Å². The van der Waals surface area contributed by atoms with Gasteiger partial charge in [-0.2, -0.15) is 11.8 Å². The Morgan fingerprint density at radius 3 is 2.53 bits per heavy atom. The highest BCUT2D eigenvalue weighted by molar-refractivity contribution is 7.99. The minimum atomic E-state index is -0.796. The van der Waals surface area contributed by atoms with Gasteiger partial charge in [0, 0.05) is 17.8 Å². The number of rotatable bonds is 6. The van der Waals surface area contributed by atoms with E-state index in [1.165, 1.54) is 12.1 Å². The summed E-state index contributed by atoms with van der Waals surface area (Å²) in [6, 6.07) is 4.43. The van der Waals surface area contributed by atoms with Crippen LogP contribution < -0.4 is 5.32 Å². The summed E-state index contributed by atoms with van der Waals surface area (Å²) < 4.78 is 25.9. The van der Waals surface area contributed by atoms with E-state index in [1.54, 1.807) is 6.07 Å². The Bertz CT molecular complexity index is 357. The van der Waals surface area contributed by atoms with Crippen molar-refractivity contribution in [2.45, 2.75) is 32.9 Å². The van der Waals surface area contributed by atoms with Crippen LogP contribution in [0.5, 0.6) is 0 Å². The quantitative estimate of drug-likeness (QED) is 0.835. The van der Waals surface area contributed by atoms with Crippen LogP contribution in [0.1, 0.15) is 32.4 Å². The van der Waals surface area contributed by atoms with Crippen LogP contribution in [-0.4, -0.2) is 17.5 Å². The highest BCUT2D eigenvalue weighted by Gasteiger charge is 2.11. The molecule has 1 aromatic rings. The SMILES string of the molecule is CCSCC(C)NC(C)c1ccc(F)c(F)c1. The second-order valence-electron chi connectivity index (χ2n) is 4.12. The second kappa shape index (κ2) is 6.97. The van der Waals surface area contributed by atoms with Crippen LogP contribution in [0.25, 0.3) is 0 Å². The van der Waals surface area contributed by atoms with Crippen LogP contribution in [0.2, 0.25) is 0 Å². The van der Waals surface area contributed by atoms with Gasteiger partial charge in [-0.3, -0.25) is 0 Å². The van der Waals surface area contributed by atoms with Gasteiger partial charge in [0.2, 0.25) is 0 Å². The Kier molecular flexibility index (Phi) is 5.92. The van der Waals surface area contributed by atoms with Crippen molar-refractivity contribution in [1.29, 1.82) is 0 Å². The Morgan fingerprint density at radius 1 is 1.24 bits per heavy atom. The first kappa shape index (κ1) is 14.5. The van der Waals surface area contributed by atoms with Gasteiger partial charge in [0.05, 0.1) is 0 Å². The Balaban J connectivity index is 2.57. The zero-order chi connectivity index (χ0) is 12.8. The van der Waals surface area contributed by atoms with E-state index in [0.29, 0.717) is 6.04 Å². The highest BCUT2D eigenvalue weighted by Crippen LogP contribution is 2.17. The summed E-state index contributed by atoms with van der Waals surface area (Å²) in [5, 5.41) is 3.37. The number of benzene rings is 1. The van der Waals surface area contributed by atoms with Crippen LogP contribution in [0.4, 0.5) is 8.78 Å². The fourth-order valence-electron chi connectivity index (χ4n) is 1.65. The first-order valence-corrected chi connectivity index (χ1v) is 6.98. The van der Waals surface area contributed by atoms with Crippen molar-refractivity contribution in [3.05, 3.63) is 35.4 Å². The van der Waals surface area contributed by atoms with Gasteiger partial charge in [-0.25, -0.2) is 8.78 Å². The molecule has 0 heterocycles. The molecule has 0 aliphatic heterocycles. The molecule has 1 N–H and O–H groups in total. The zero-order valence-electron chi connectivity index (χ0n) is 10.5. The summed E-state index contributed by atoms with van der Waals surface area (Å²) in [7, 11) is 0. The largest absolute Gasteiger partial charge is 0.307 e. The average Bonchev–Trinajstić information content (AvgIpc) is 2.30. The molecular formula is C13H19F2NS. The zero-order valence-corrected chi connectivity index (χ0v) is 11.3.